The first-order chi connectivity index (χ1) is 12.9. The van der Waals surface area contributed by atoms with Crippen LogP contribution in [0.15, 0.2) is 34.9 Å². The Morgan fingerprint density at radius 1 is 1.27 bits per heavy atom. The van der Waals surface area contributed by atoms with Gasteiger partial charge in [-0.1, -0.05) is 52.4 Å². The summed E-state index contributed by atoms with van der Waals surface area (Å²) in [6.45, 7) is 2.08. The smallest absolute Gasteiger partial charge is 0.175 e. The predicted molar refractivity (Wildman–Crippen MR) is 107 cm³/mol. The molecule has 0 bridgehead atoms. The zero-order chi connectivity index (χ0) is 19.4. The highest BCUT2D eigenvalue weighted by atomic mass is 35.5. The SMILES string of the molecule is [2H]C(Sc1nnc(-c2cnc(NC[C@@H](C)O)cn2)s1)c1c(Cl)cccc1Cl. The largest absolute Gasteiger partial charge is 0.392 e. The van der Waals surface area contributed by atoms with E-state index in [0.29, 0.717) is 43.0 Å². The summed E-state index contributed by atoms with van der Waals surface area (Å²) in [6.07, 6.45) is 2.68. The summed E-state index contributed by atoms with van der Waals surface area (Å²) >= 11 is 14.8. The molecular weight excluding hydrogens is 413 g/mol. The third-order valence-corrected chi connectivity index (χ3v) is 5.71. The molecule has 10 heteroatoms. The van der Waals surface area contributed by atoms with Crippen molar-refractivity contribution in [2.75, 3.05) is 11.9 Å². The maximum absolute atomic E-state index is 9.28. The fourth-order valence-electron chi connectivity index (χ4n) is 1.88. The molecule has 1 unspecified atom stereocenters. The Bertz CT molecular complexity index is 890. The molecule has 2 heterocycles. The third-order valence-electron chi connectivity index (χ3n) is 3.13. The van der Waals surface area contributed by atoms with Gasteiger partial charge in [-0.2, -0.15) is 0 Å². The van der Waals surface area contributed by atoms with Crippen LogP contribution in [0.2, 0.25) is 10.0 Å². The lowest BCUT2D eigenvalue weighted by Crippen LogP contribution is -2.16. The molecule has 0 saturated carbocycles. The number of hydrogen-bond acceptors (Lipinski definition) is 8. The minimum atomic E-state index is -0.717. The van der Waals surface area contributed by atoms with Gasteiger partial charge in [-0.05, 0) is 24.6 Å². The number of hydrogen-bond donors (Lipinski definition) is 2. The summed E-state index contributed by atoms with van der Waals surface area (Å²) in [7, 11) is 0. The lowest BCUT2D eigenvalue weighted by molar-refractivity contribution is 0.208. The first-order valence-corrected chi connectivity index (χ1v) is 10.00. The van der Waals surface area contributed by atoms with Gasteiger partial charge in [0, 0.05) is 23.7 Å². The van der Waals surface area contributed by atoms with Crippen LogP contribution in [0, 0.1) is 0 Å². The monoisotopic (exact) mass is 428 g/mol. The molecule has 136 valence electrons. The summed E-state index contributed by atoms with van der Waals surface area (Å²) in [4.78, 5) is 8.55. The Labute approximate surface area is 170 Å². The minimum absolute atomic E-state index is 0.392. The van der Waals surface area contributed by atoms with Crippen LogP contribution in [-0.4, -0.2) is 37.9 Å². The Morgan fingerprint density at radius 3 is 2.69 bits per heavy atom. The van der Waals surface area contributed by atoms with Gasteiger partial charge in [0.1, 0.15) is 11.5 Å². The standard InChI is InChI=1S/C16H15Cl2N5OS2/c1-9(24)5-20-14-7-19-13(6-21-14)15-22-23-16(26-15)25-8-10-11(17)3-2-4-12(10)18/h2-4,6-7,9,24H,5,8H2,1H3,(H,20,21)/t9-/m1/s1/i8D/t8?,9-. The number of aromatic nitrogens is 4. The molecule has 6 nitrogen and oxygen atoms in total. The van der Waals surface area contributed by atoms with E-state index in [9.17, 15) is 5.11 Å². The van der Waals surface area contributed by atoms with E-state index in [-0.39, 0.29) is 0 Å². The summed E-state index contributed by atoms with van der Waals surface area (Å²) in [5.41, 5.74) is 0.417. The highest BCUT2D eigenvalue weighted by Gasteiger charge is 2.12. The van der Waals surface area contributed by atoms with E-state index in [1.165, 1.54) is 23.1 Å². The molecule has 2 aromatic heterocycles. The van der Waals surface area contributed by atoms with E-state index in [0.717, 1.165) is 0 Å². The average Bonchev–Trinajstić information content (AvgIpc) is 3.08. The van der Waals surface area contributed by atoms with Crippen LogP contribution in [0.3, 0.4) is 0 Å². The van der Waals surface area contributed by atoms with Gasteiger partial charge >= 0.3 is 0 Å². The van der Waals surface area contributed by atoms with Crippen molar-refractivity contribution in [2.24, 2.45) is 0 Å². The van der Waals surface area contributed by atoms with Gasteiger partial charge in [0.15, 0.2) is 9.35 Å². The van der Waals surface area contributed by atoms with Gasteiger partial charge in [-0.25, -0.2) is 9.97 Å². The van der Waals surface area contributed by atoms with Crippen molar-refractivity contribution in [3.05, 3.63) is 46.2 Å². The molecule has 0 aliphatic carbocycles. The Morgan fingerprint density at radius 2 is 2.04 bits per heavy atom. The molecule has 2 N–H and O–H groups in total. The number of aliphatic hydroxyl groups is 1. The van der Waals surface area contributed by atoms with Crippen molar-refractivity contribution >= 4 is 52.1 Å². The van der Waals surface area contributed by atoms with Crippen molar-refractivity contribution in [1.29, 1.82) is 0 Å². The van der Waals surface area contributed by atoms with E-state index in [1.54, 1.807) is 37.5 Å². The summed E-state index contributed by atoms with van der Waals surface area (Å²) in [6, 6.07) is 5.16. The second-order valence-corrected chi connectivity index (χ2v) is 8.17. The first-order valence-electron chi connectivity index (χ1n) is 8.12. The average molecular weight is 429 g/mol. The molecule has 0 fully saturated rings. The van der Waals surface area contributed by atoms with Gasteiger partial charge in [-0.3, -0.25) is 0 Å². The van der Waals surface area contributed by atoms with Gasteiger partial charge in [0.2, 0.25) is 0 Å². The first kappa shape index (κ1) is 17.9. The molecule has 26 heavy (non-hydrogen) atoms. The van der Waals surface area contributed by atoms with Crippen LogP contribution in [0.1, 0.15) is 13.9 Å². The minimum Gasteiger partial charge on any atom is -0.392 e. The van der Waals surface area contributed by atoms with Gasteiger partial charge in [0.05, 0.1) is 18.5 Å². The molecule has 2 atom stereocenters. The number of halogens is 2. The number of rotatable bonds is 7. The third kappa shape index (κ3) is 5.05. The predicted octanol–water partition coefficient (Wildman–Crippen LogP) is 4.39. The molecule has 0 amide bonds. The molecule has 1 aromatic carbocycles. The molecule has 3 aromatic rings. The molecule has 0 saturated heterocycles. The van der Waals surface area contributed by atoms with E-state index in [2.05, 4.69) is 25.5 Å². The van der Waals surface area contributed by atoms with Crippen LogP contribution in [-0.2, 0) is 5.73 Å². The normalized spacial score (nSPS) is 13.9. The fraction of sp³-hybridized carbons (Fsp3) is 0.250. The van der Waals surface area contributed by atoms with E-state index >= 15 is 0 Å². The van der Waals surface area contributed by atoms with Crippen LogP contribution in [0.4, 0.5) is 5.82 Å². The molecule has 3 rings (SSSR count). The van der Waals surface area contributed by atoms with E-state index in [4.69, 9.17) is 24.6 Å². The number of nitrogens with zero attached hydrogens (tertiary/aromatic N) is 4. The Kier molecular flexibility index (Phi) is 6.18. The molecule has 0 aliphatic heterocycles. The lowest BCUT2D eigenvalue weighted by Gasteiger charge is -2.06. The number of nitrogens with one attached hydrogen (secondary N) is 1. The van der Waals surface area contributed by atoms with Crippen LogP contribution in [0.5, 0.6) is 0 Å². The molecule has 0 radical (unpaired) electrons. The lowest BCUT2D eigenvalue weighted by atomic mass is 10.2. The van der Waals surface area contributed by atoms with Crippen LogP contribution >= 0.6 is 46.3 Å². The summed E-state index contributed by atoms with van der Waals surface area (Å²) in [5.74, 6) is 0.568. The highest BCUT2D eigenvalue weighted by molar-refractivity contribution is 8.00. The number of aliphatic hydroxyl groups excluding tert-OH is 1. The Hall–Kier alpha value is -1.45. The number of anilines is 1. The van der Waals surface area contributed by atoms with Gasteiger partial charge < -0.3 is 10.4 Å². The summed E-state index contributed by atoms with van der Waals surface area (Å²) < 4.78 is 8.94. The summed E-state index contributed by atoms with van der Waals surface area (Å²) in [5, 5.41) is 22.0. The highest BCUT2D eigenvalue weighted by Crippen LogP contribution is 2.34. The van der Waals surface area contributed by atoms with Crippen molar-refractivity contribution in [2.45, 2.75) is 23.1 Å². The second kappa shape index (κ2) is 8.96. The molecule has 0 spiro atoms. The maximum Gasteiger partial charge on any atom is 0.175 e. The van der Waals surface area contributed by atoms with Crippen LogP contribution in [0.25, 0.3) is 10.7 Å². The van der Waals surface area contributed by atoms with Crippen molar-refractivity contribution < 1.29 is 6.48 Å². The number of thioether (sulfide) groups is 1. The fourth-order valence-corrected chi connectivity index (χ4v) is 4.18. The quantitative estimate of drug-likeness (QED) is 0.539. The van der Waals surface area contributed by atoms with Crippen molar-refractivity contribution in [1.82, 2.24) is 20.2 Å². The number of benzene rings is 1. The molecule has 0 aliphatic rings. The van der Waals surface area contributed by atoms with E-state index < -0.39 is 11.8 Å². The zero-order valence-corrected chi connectivity index (χ0v) is 16.7. The molecular formula is C16H15Cl2N5OS2. The topological polar surface area (TPSA) is 83.8 Å². The maximum atomic E-state index is 9.28. The zero-order valence-electron chi connectivity index (χ0n) is 14.6. The second-order valence-electron chi connectivity index (χ2n) is 5.26. The Balaban J connectivity index is 1.69. The van der Waals surface area contributed by atoms with Gasteiger partial charge in [0.25, 0.3) is 0 Å². The van der Waals surface area contributed by atoms with E-state index in [1.807, 2.05) is 0 Å². The van der Waals surface area contributed by atoms with Crippen LogP contribution < -0.4 is 5.32 Å². The van der Waals surface area contributed by atoms with Crippen molar-refractivity contribution in [3.63, 3.8) is 0 Å². The van der Waals surface area contributed by atoms with Gasteiger partial charge in [-0.15, -0.1) is 10.2 Å². The van der Waals surface area contributed by atoms with Crippen molar-refractivity contribution in [3.8, 4) is 10.7 Å².